The van der Waals surface area contributed by atoms with E-state index in [1.54, 1.807) is 6.20 Å². The molecular formula is C25H26N6S. The first kappa shape index (κ1) is 20.7. The topological polar surface area (TPSA) is 67.7 Å². The summed E-state index contributed by atoms with van der Waals surface area (Å²) < 4.78 is 2.37. The predicted octanol–water partition coefficient (Wildman–Crippen LogP) is 5.11. The van der Waals surface area contributed by atoms with Crippen LogP contribution in [0.3, 0.4) is 0 Å². The SMILES string of the molecule is SCc1ccc(-c2ncc(-c3ccnc(Nc4ccccc4)n3)n2C2CCNCC2)cc1. The zero-order valence-electron chi connectivity index (χ0n) is 17.8. The van der Waals surface area contributed by atoms with Crippen LogP contribution in [0.4, 0.5) is 11.6 Å². The molecule has 2 aromatic heterocycles. The van der Waals surface area contributed by atoms with Gasteiger partial charge in [-0.15, -0.1) is 0 Å². The summed E-state index contributed by atoms with van der Waals surface area (Å²) in [6.07, 6.45) is 5.86. The Balaban J connectivity index is 1.55. The third-order valence-corrected chi connectivity index (χ3v) is 6.18. The van der Waals surface area contributed by atoms with Gasteiger partial charge in [0.2, 0.25) is 5.95 Å². The molecule has 1 aliphatic rings. The lowest BCUT2D eigenvalue weighted by Crippen LogP contribution is -2.30. The van der Waals surface area contributed by atoms with Gasteiger partial charge in [0.25, 0.3) is 0 Å². The van der Waals surface area contributed by atoms with E-state index in [0.29, 0.717) is 12.0 Å². The Kier molecular flexibility index (Phi) is 6.18. The highest BCUT2D eigenvalue weighted by molar-refractivity contribution is 7.79. The first-order valence-corrected chi connectivity index (χ1v) is 11.6. The van der Waals surface area contributed by atoms with Crippen LogP contribution in [0.2, 0.25) is 0 Å². The van der Waals surface area contributed by atoms with Crippen LogP contribution in [0.25, 0.3) is 22.8 Å². The van der Waals surface area contributed by atoms with Crippen molar-refractivity contribution in [2.24, 2.45) is 0 Å². The Morgan fingerprint density at radius 2 is 1.75 bits per heavy atom. The van der Waals surface area contributed by atoms with Crippen LogP contribution in [0.1, 0.15) is 24.4 Å². The molecule has 7 heteroatoms. The van der Waals surface area contributed by atoms with Crippen LogP contribution in [-0.4, -0.2) is 32.6 Å². The van der Waals surface area contributed by atoms with Gasteiger partial charge in [0.05, 0.1) is 17.6 Å². The van der Waals surface area contributed by atoms with E-state index in [4.69, 9.17) is 9.97 Å². The Morgan fingerprint density at radius 3 is 2.50 bits per heavy atom. The molecule has 162 valence electrons. The van der Waals surface area contributed by atoms with Crippen molar-refractivity contribution in [2.75, 3.05) is 18.4 Å². The van der Waals surface area contributed by atoms with E-state index >= 15 is 0 Å². The van der Waals surface area contributed by atoms with E-state index in [9.17, 15) is 0 Å². The molecule has 32 heavy (non-hydrogen) atoms. The van der Waals surface area contributed by atoms with Gasteiger partial charge in [0.15, 0.2) is 0 Å². The number of nitrogens with one attached hydrogen (secondary N) is 2. The lowest BCUT2D eigenvalue weighted by atomic mass is 10.0. The van der Waals surface area contributed by atoms with Gasteiger partial charge in [-0.05, 0) is 49.7 Å². The first-order chi connectivity index (χ1) is 15.8. The van der Waals surface area contributed by atoms with E-state index in [1.165, 1.54) is 5.56 Å². The molecule has 1 fully saturated rings. The second-order valence-corrected chi connectivity index (χ2v) is 8.25. The molecule has 0 spiro atoms. The molecule has 0 saturated carbocycles. The van der Waals surface area contributed by atoms with Gasteiger partial charge < -0.3 is 15.2 Å². The maximum atomic E-state index is 4.85. The molecule has 6 nitrogen and oxygen atoms in total. The van der Waals surface area contributed by atoms with Gasteiger partial charge in [0, 0.05) is 29.2 Å². The molecule has 1 saturated heterocycles. The number of benzene rings is 2. The molecule has 2 aromatic carbocycles. The summed E-state index contributed by atoms with van der Waals surface area (Å²) >= 11 is 4.38. The molecule has 5 rings (SSSR count). The molecule has 0 unspecified atom stereocenters. The minimum atomic E-state index is 0.369. The summed E-state index contributed by atoms with van der Waals surface area (Å²) in [6, 6.07) is 20.8. The molecule has 0 amide bonds. The number of aromatic nitrogens is 4. The van der Waals surface area contributed by atoms with Gasteiger partial charge >= 0.3 is 0 Å². The Labute approximate surface area is 193 Å². The van der Waals surface area contributed by atoms with Crippen LogP contribution in [-0.2, 0) is 5.75 Å². The highest BCUT2D eigenvalue weighted by Gasteiger charge is 2.23. The number of anilines is 2. The predicted molar refractivity (Wildman–Crippen MR) is 132 cm³/mol. The number of hydrogen-bond donors (Lipinski definition) is 3. The Bertz CT molecular complexity index is 1170. The quantitative estimate of drug-likeness (QED) is 0.362. The van der Waals surface area contributed by atoms with E-state index in [1.807, 2.05) is 42.6 Å². The van der Waals surface area contributed by atoms with Crippen LogP contribution in [0.15, 0.2) is 73.1 Å². The van der Waals surface area contributed by atoms with Crippen molar-refractivity contribution in [3.8, 4) is 22.8 Å². The molecule has 2 N–H and O–H groups in total. The van der Waals surface area contributed by atoms with Crippen molar-refractivity contribution in [1.29, 1.82) is 0 Å². The zero-order valence-corrected chi connectivity index (χ0v) is 18.7. The number of nitrogens with zero attached hydrogens (tertiary/aromatic N) is 4. The summed E-state index contributed by atoms with van der Waals surface area (Å²) in [5.74, 6) is 2.28. The fourth-order valence-electron chi connectivity index (χ4n) is 4.17. The number of piperidine rings is 1. The summed E-state index contributed by atoms with van der Waals surface area (Å²) in [6.45, 7) is 2.01. The third kappa shape index (κ3) is 4.40. The molecule has 0 atom stereocenters. The van der Waals surface area contributed by atoms with Crippen LogP contribution in [0, 0.1) is 0 Å². The van der Waals surface area contributed by atoms with Gasteiger partial charge in [-0.1, -0.05) is 42.5 Å². The monoisotopic (exact) mass is 442 g/mol. The average Bonchev–Trinajstić information content (AvgIpc) is 3.31. The molecule has 1 aliphatic heterocycles. The van der Waals surface area contributed by atoms with Crippen molar-refractivity contribution in [3.63, 3.8) is 0 Å². The smallest absolute Gasteiger partial charge is 0.227 e. The number of para-hydroxylation sites is 1. The number of imidazole rings is 1. The molecule has 0 aliphatic carbocycles. The van der Waals surface area contributed by atoms with Gasteiger partial charge in [-0.25, -0.2) is 15.0 Å². The molecule has 4 aromatic rings. The summed E-state index contributed by atoms with van der Waals surface area (Å²) in [5.41, 5.74) is 5.15. The van der Waals surface area contributed by atoms with E-state index in [2.05, 4.69) is 57.1 Å². The maximum Gasteiger partial charge on any atom is 0.227 e. The van der Waals surface area contributed by atoms with E-state index in [-0.39, 0.29) is 0 Å². The summed E-state index contributed by atoms with van der Waals surface area (Å²) in [7, 11) is 0. The lowest BCUT2D eigenvalue weighted by molar-refractivity contribution is 0.373. The second-order valence-electron chi connectivity index (χ2n) is 7.93. The Morgan fingerprint density at radius 1 is 0.969 bits per heavy atom. The van der Waals surface area contributed by atoms with Gasteiger partial charge in [-0.3, -0.25) is 0 Å². The molecular weight excluding hydrogens is 416 g/mol. The van der Waals surface area contributed by atoms with Gasteiger partial charge in [-0.2, -0.15) is 12.6 Å². The maximum absolute atomic E-state index is 4.85. The largest absolute Gasteiger partial charge is 0.324 e. The minimum Gasteiger partial charge on any atom is -0.324 e. The average molecular weight is 443 g/mol. The van der Waals surface area contributed by atoms with Crippen molar-refractivity contribution < 1.29 is 0 Å². The normalized spacial score (nSPS) is 14.4. The van der Waals surface area contributed by atoms with E-state index in [0.717, 1.165) is 60.1 Å². The summed E-state index contributed by atoms with van der Waals surface area (Å²) in [4.78, 5) is 14.1. The van der Waals surface area contributed by atoms with Crippen molar-refractivity contribution >= 4 is 24.3 Å². The van der Waals surface area contributed by atoms with Crippen molar-refractivity contribution in [1.82, 2.24) is 24.8 Å². The summed E-state index contributed by atoms with van der Waals surface area (Å²) in [5, 5.41) is 6.76. The second kappa shape index (κ2) is 9.54. The Hall–Kier alpha value is -3.16. The fraction of sp³-hybridized carbons (Fsp3) is 0.240. The van der Waals surface area contributed by atoms with Crippen LogP contribution in [0.5, 0.6) is 0 Å². The van der Waals surface area contributed by atoms with Crippen LogP contribution < -0.4 is 10.6 Å². The molecule has 3 heterocycles. The minimum absolute atomic E-state index is 0.369. The highest BCUT2D eigenvalue weighted by Crippen LogP contribution is 2.33. The van der Waals surface area contributed by atoms with Crippen molar-refractivity contribution in [2.45, 2.75) is 24.6 Å². The molecule has 0 radical (unpaired) electrons. The zero-order chi connectivity index (χ0) is 21.8. The van der Waals surface area contributed by atoms with E-state index < -0.39 is 0 Å². The number of thiol groups is 1. The lowest BCUT2D eigenvalue weighted by Gasteiger charge is -2.27. The standard InChI is InChI=1S/C25H26N6S/c32-17-18-6-8-19(9-7-18)24-28-16-23(31(24)21-10-13-26-14-11-21)22-12-15-27-25(30-22)29-20-4-2-1-3-5-20/h1-9,12,15-16,21,26,32H,10-11,13-14,17H2,(H,27,29,30). The van der Waals surface area contributed by atoms with Crippen LogP contribution >= 0.6 is 12.6 Å². The fourth-order valence-corrected chi connectivity index (χ4v) is 4.38. The number of rotatable bonds is 6. The number of hydrogen-bond acceptors (Lipinski definition) is 6. The molecule has 0 bridgehead atoms. The first-order valence-electron chi connectivity index (χ1n) is 11.0. The third-order valence-electron chi connectivity index (χ3n) is 5.81. The van der Waals surface area contributed by atoms with Crippen molar-refractivity contribution in [3.05, 3.63) is 78.6 Å². The van der Waals surface area contributed by atoms with Gasteiger partial charge in [0.1, 0.15) is 5.82 Å². The highest BCUT2D eigenvalue weighted by atomic mass is 32.1.